The summed E-state index contributed by atoms with van der Waals surface area (Å²) in [6.07, 6.45) is -0.120. The zero-order valence-electron chi connectivity index (χ0n) is 11.6. The molecule has 0 spiro atoms. The third kappa shape index (κ3) is 5.27. The number of carbonyl (C=O) groups is 2. The first-order chi connectivity index (χ1) is 9.54. The molecule has 1 aromatic rings. The summed E-state index contributed by atoms with van der Waals surface area (Å²) < 4.78 is 5.27. The zero-order chi connectivity index (χ0) is 15.0. The number of carbonyl (C=O) groups excluding carboxylic acids is 1. The van der Waals surface area contributed by atoms with Crippen LogP contribution in [0.5, 0.6) is 0 Å². The van der Waals surface area contributed by atoms with Crippen molar-refractivity contribution in [2.45, 2.75) is 26.0 Å². The molecular formula is C14H20N2O4. The number of nitrogens with one attached hydrogen (secondary N) is 2. The summed E-state index contributed by atoms with van der Waals surface area (Å²) in [6, 6.07) is 6.94. The molecule has 6 nitrogen and oxygen atoms in total. The van der Waals surface area contributed by atoms with Gasteiger partial charge in [-0.25, -0.2) is 9.59 Å². The Morgan fingerprint density at radius 1 is 1.30 bits per heavy atom. The van der Waals surface area contributed by atoms with Gasteiger partial charge in [0, 0.05) is 13.2 Å². The summed E-state index contributed by atoms with van der Waals surface area (Å²) in [4.78, 5) is 22.9. The zero-order valence-corrected chi connectivity index (χ0v) is 11.6. The molecule has 0 heterocycles. The number of benzene rings is 1. The predicted molar refractivity (Wildman–Crippen MR) is 74.4 cm³/mol. The van der Waals surface area contributed by atoms with Crippen LogP contribution in [0.25, 0.3) is 0 Å². The van der Waals surface area contributed by atoms with Crippen LogP contribution in [0.15, 0.2) is 30.3 Å². The Bertz CT molecular complexity index is 436. The molecule has 0 bridgehead atoms. The van der Waals surface area contributed by atoms with Crippen molar-refractivity contribution in [1.29, 1.82) is 0 Å². The van der Waals surface area contributed by atoms with Crippen LogP contribution in [-0.2, 0) is 9.53 Å². The smallest absolute Gasteiger partial charge is 0.330 e. The number of urea groups is 1. The van der Waals surface area contributed by atoms with Gasteiger partial charge in [-0.2, -0.15) is 0 Å². The number of carboxylic acid groups (broad SMARTS) is 1. The second-order valence-electron chi connectivity index (χ2n) is 4.30. The standard InChI is InChI=1S/C14H20N2O4/c1-3-20-10(2)9-15-14(19)16-12(13(17)18)11-7-5-4-6-8-11/h4-8,10,12H,3,9H2,1-2H3,(H,17,18)(H2,15,16,19). The average Bonchev–Trinajstić information content (AvgIpc) is 2.43. The SMILES string of the molecule is CCOC(C)CNC(=O)NC(C(=O)O)c1ccccc1. The molecule has 0 aliphatic rings. The minimum absolute atomic E-state index is 0.120. The highest BCUT2D eigenvalue weighted by atomic mass is 16.5. The Morgan fingerprint density at radius 2 is 1.95 bits per heavy atom. The maximum absolute atomic E-state index is 11.7. The Labute approximate surface area is 118 Å². The summed E-state index contributed by atoms with van der Waals surface area (Å²) in [6.45, 7) is 4.58. The minimum atomic E-state index is -1.11. The summed E-state index contributed by atoms with van der Waals surface area (Å²) in [5, 5.41) is 14.2. The number of ether oxygens (including phenoxy) is 1. The molecule has 0 radical (unpaired) electrons. The van der Waals surface area contributed by atoms with Gasteiger partial charge in [-0.15, -0.1) is 0 Å². The van der Waals surface area contributed by atoms with Crippen molar-refractivity contribution in [3.8, 4) is 0 Å². The molecule has 1 aromatic carbocycles. The number of carboxylic acids is 1. The highest BCUT2D eigenvalue weighted by Crippen LogP contribution is 2.12. The van der Waals surface area contributed by atoms with Crippen LogP contribution >= 0.6 is 0 Å². The Hall–Kier alpha value is -2.08. The van der Waals surface area contributed by atoms with Crippen molar-refractivity contribution < 1.29 is 19.4 Å². The van der Waals surface area contributed by atoms with E-state index in [9.17, 15) is 14.7 Å². The monoisotopic (exact) mass is 280 g/mol. The molecule has 0 saturated heterocycles. The predicted octanol–water partition coefficient (Wildman–Crippen LogP) is 1.54. The van der Waals surface area contributed by atoms with Crippen LogP contribution < -0.4 is 10.6 Å². The van der Waals surface area contributed by atoms with Gasteiger partial charge in [0.15, 0.2) is 6.04 Å². The van der Waals surface area contributed by atoms with Crippen molar-refractivity contribution in [3.63, 3.8) is 0 Å². The molecule has 0 aliphatic carbocycles. The maximum atomic E-state index is 11.7. The molecule has 2 amide bonds. The van der Waals surface area contributed by atoms with E-state index in [0.717, 1.165) is 0 Å². The van der Waals surface area contributed by atoms with E-state index in [2.05, 4.69) is 10.6 Å². The minimum Gasteiger partial charge on any atom is -0.479 e. The molecule has 110 valence electrons. The molecule has 0 aliphatic heterocycles. The Balaban J connectivity index is 2.55. The molecule has 6 heteroatoms. The topological polar surface area (TPSA) is 87.7 Å². The van der Waals surface area contributed by atoms with Gasteiger partial charge in [-0.3, -0.25) is 0 Å². The highest BCUT2D eigenvalue weighted by Gasteiger charge is 2.21. The lowest BCUT2D eigenvalue weighted by Crippen LogP contribution is -2.43. The van der Waals surface area contributed by atoms with E-state index < -0.39 is 18.0 Å². The van der Waals surface area contributed by atoms with E-state index in [0.29, 0.717) is 18.7 Å². The normalized spacial score (nSPS) is 13.3. The van der Waals surface area contributed by atoms with Gasteiger partial charge in [0.2, 0.25) is 0 Å². The molecule has 20 heavy (non-hydrogen) atoms. The third-order valence-corrected chi connectivity index (χ3v) is 2.66. The summed E-state index contributed by atoms with van der Waals surface area (Å²) >= 11 is 0. The van der Waals surface area contributed by atoms with E-state index >= 15 is 0 Å². The molecule has 3 N–H and O–H groups in total. The van der Waals surface area contributed by atoms with Crippen molar-refractivity contribution >= 4 is 12.0 Å². The summed E-state index contributed by atoms with van der Waals surface area (Å²) in [7, 11) is 0. The fourth-order valence-corrected chi connectivity index (χ4v) is 1.70. The van der Waals surface area contributed by atoms with Gasteiger partial charge >= 0.3 is 12.0 Å². The molecule has 0 aromatic heterocycles. The van der Waals surface area contributed by atoms with Crippen LogP contribution in [-0.4, -0.2) is 36.4 Å². The molecule has 0 fully saturated rings. The van der Waals surface area contributed by atoms with Gasteiger partial charge in [-0.1, -0.05) is 30.3 Å². The summed E-state index contributed by atoms with van der Waals surface area (Å²) in [5.74, 6) is -1.11. The number of hydrogen-bond donors (Lipinski definition) is 3. The number of hydrogen-bond acceptors (Lipinski definition) is 3. The van der Waals surface area contributed by atoms with E-state index in [-0.39, 0.29) is 6.10 Å². The van der Waals surface area contributed by atoms with Gasteiger partial charge in [0.05, 0.1) is 6.10 Å². The van der Waals surface area contributed by atoms with Gasteiger partial charge in [0.1, 0.15) is 0 Å². The van der Waals surface area contributed by atoms with Gasteiger partial charge in [-0.05, 0) is 19.4 Å². The lowest BCUT2D eigenvalue weighted by atomic mass is 10.1. The van der Waals surface area contributed by atoms with Crippen LogP contribution in [0.1, 0.15) is 25.5 Å². The Morgan fingerprint density at radius 3 is 2.50 bits per heavy atom. The van der Waals surface area contributed by atoms with Crippen LogP contribution in [0.2, 0.25) is 0 Å². The summed E-state index contributed by atoms with van der Waals surface area (Å²) in [5.41, 5.74) is 0.521. The highest BCUT2D eigenvalue weighted by molar-refractivity contribution is 5.83. The largest absolute Gasteiger partial charge is 0.479 e. The number of amides is 2. The average molecular weight is 280 g/mol. The third-order valence-electron chi connectivity index (χ3n) is 2.66. The van der Waals surface area contributed by atoms with Gasteiger partial charge < -0.3 is 20.5 Å². The molecule has 1 rings (SSSR count). The van der Waals surface area contributed by atoms with E-state index in [1.54, 1.807) is 30.3 Å². The first-order valence-electron chi connectivity index (χ1n) is 6.48. The molecular weight excluding hydrogens is 260 g/mol. The maximum Gasteiger partial charge on any atom is 0.330 e. The fraction of sp³-hybridized carbons (Fsp3) is 0.429. The first kappa shape index (κ1) is 16.0. The molecule has 2 unspecified atom stereocenters. The first-order valence-corrected chi connectivity index (χ1v) is 6.48. The van der Waals surface area contributed by atoms with Crippen molar-refractivity contribution in [2.24, 2.45) is 0 Å². The van der Waals surface area contributed by atoms with Crippen LogP contribution in [0.4, 0.5) is 4.79 Å². The molecule has 0 saturated carbocycles. The lowest BCUT2D eigenvalue weighted by molar-refractivity contribution is -0.139. The van der Waals surface area contributed by atoms with E-state index in [1.165, 1.54) is 0 Å². The van der Waals surface area contributed by atoms with Crippen molar-refractivity contribution in [3.05, 3.63) is 35.9 Å². The van der Waals surface area contributed by atoms with Crippen LogP contribution in [0, 0.1) is 0 Å². The van der Waals surface area contributed by atoms with Crippen LogP contribution in [0.3, 0.4) is 0 Å². The number of rotatable bonds is 7. The van der Waals surface area contributed by atoms with E-state index in [1.807, 2.05) is 13.8 Å². The van der Waals surface area contributed by atoms with E-state index in [4.69, 9.17) is 4.74 Å². The quantitative estimate of drug-likeness (QED) is 0.707. The Kier molecular flexibility index (Phi) is 6.52. The number of aliphatic carboxylic acids is 1. The lowest BCUT2D eigenvalue weighted by Gasteiger charge is -2.17. The fourth-order valence-electron chi connectivity index (χ4n) is 1.70. The molecule has 2 atom stereocenters. The van der Waals surface area contributed by atoms with Crippen molar-refractivity contribution in [2.75, 3.05) is 13.2 Å². The second-order valence-corrected chi connectivity index (χ2v) is 4.30. The van der Waals surface area contributed by atoms with Gasteiger partial charge in [0.25, 0.3) is 0 Å². The second kappa shape index (κ2) is 8.16. The van der Waals surface area contributed by atoms with Crippen molar-refractivity contribution in [1.82, 2.24) is 10.6 Å².